The van der Waals surface area contributed by atoms with Gasteiger partial charge in [0.2, 0.25) is 0 Å². The minimum absolute atomic E-state index is 0. The maximum atomic E-state index is 10.9. The van der Waals surface area contributed by atoms with Gasteiger partial charge in [0.25, 0.3) is 0 Å². The van der Waals surface area contributed by atoms with E-state index in [1.807, 2.05) is 35.0 Å². The van der Waals surface area contributed by atoms with E-state index in [9.17, 15) is 4.79 Å². The van der Waals surface area contributed by atoms with Gasteiger partial charge in [0.15, 0.2) is 18.9 Å². The van der Waals surface area contributed by atoms with Crippen LogP contribution in [0.5, 0.6) is 5.75 Å². The highest BCUT2D eigenvalue weighted by atomic mass is 79.9. The number of aromatic carboxylic acids is 1. The summed E-state index contributed by atoms with van der Waals surface area (Å²) in [4.78, 5) is 10.9. The summed E-state index contributed by atoms with van der Waals surface area (Å²) in [7, 11) is 1.63. The summed E-state index contributed by atoms with van der Waals surface area (Å²) in [5.74, 6) is -0.109. The number of benzene rings is 1. The third-order valence-corrected chi connectivity index (χ3v) is 2.63. The van der Waals surface area contributed by atoms with E-state index in [0.717, 1.165) is 11.3 Å². The molecule has 1 heterocycles. The van der Waals surface area contributed by atoms with Gasteiger partial charge in [-0.25, -0.2) is 4.79 Å². The number of methoxy groups -OCH3 is 1. The van der Waals surface area contributed by atoms with Crippen molar-refractivity contribution in [2.24, 2.45) is 0 Å². The van der Waals surface area contributed by atoms with Crippen molar-refractivity contribution < 1.29 is 36.2 Å². The molecule has 19 heavy (non-hydrogen) atoms. The lowest BCUT2D eigenvalue weighted by molar-refractivity contribution is -0.688. The van der Waals surface area contributed by atoms with E-state index >= 15 is 0 Å². The Balaban J connectivity index is 0.00000180. The van der Waals surface area contributed by atoms with E-state index < -0.39 is 5.97 Å². The highest BCUT2D eigenvalue weighted by Crippen LogP contribution is 2.10. The van der Waals surface area contributed by atoms with Crippen LogP contribution in [-0.2, 0) is 6.54 Å². The molecule has 2 aromatic rings. The summed E-state index contributed by atoms with van der Waals surface area (Å²) in [6, 6.07) is 11.0. The smallest absolute Gasteiger partial charge is 0.341 e. The van der Waals surface area contributed by atoms with E-state index in [0.29, 0.717) is 6.54 Å². The standard InChI is InChI=1S/C14H13NO3.BrH/c1-18-13-6-4-11(5-7-13)9-15-8-2-3-12(10-15)14(16)17;/h2-8,10H,9H2,1H3;1H. The molecule has 1 N–H and O–H groups in total. The number of hydrogen-bond donors (Lipinski definition) is 1. The summed E-state index contributed by atoms with van der Waals surface area (Å²) in [5, 5.41) is 8.91. The number of nitrogens with zero attached hydrogens (tertiary/aromatic N) is 1. The lowest BCUT2D eigenvalue weighted by atomic mass is 10.2. The number of carboxylic acids is 1. The maximum absolute atomic E-state index is 10.9. The summed E-state index contributed by atoms with van der Waals surface area (Å²) < 4.78 is 6.92. The minimum atomic E-state index is -0.918. The Morgan fingerprint density at radius 1 is 1.26 bits per heavy atom. The first-order chi connectivity index (χ1) is 8.69. The van der Waals surface area contributed by atoms with Crippen LogP contribution >= 0.6 is 0 Å². The van der Waals surface area contributed by atoms with Crippen molar-refractivity contribution in [3.63, 3.8) is 0 Å². The highest BCUT2D eigenvalue weighted by molar-refractivity contribution is 5.86. The number of halogens is 1. The zero-order chi connectivity index (χ0) is 13.0. The first-order valence-corrected chi connectivity index (χ1v) is 5.54. The summed E-state index contributed by atoms with van der Waals surface area (Å²) >= 11 is 0. The fraction of sp³-hybridized carbons (Fsp3) is 0.143. The number of pyridine rings is 1. The molecule has 0 unspecified atom stereocenters. The zero-order valence-electron chi connectivity index (χ0n) is 10.4. The van der Waals surface area contributed by atoms with Crippen molar-refractivity contribution >= 4 is 5.97 Å². The normalized spacial score (nSPS) is 9.53. The molecule has 0 saturated carbocycles. The van der Waals surface area contributed by atoms with Gasteiger partial charge in [0.1, 0.15) is 11.3 Å². The molecule has 0 atom stereocenters. The molecule has 1 aromatic carbocycles. The molecule has 2 rings (SSSR count). The molecule has 0 fully saturated rings. The van der Waals surface area contributed by atoms with Gasteiger partial charge in [-0.3, -0.25) is 0 Å². The molecule has 0 radical (unpaired) electrons. The maximum Gasteiger partial charge on any atom is 0.341 e. The largest absolute Gasteiger partial charge is 1.00 e. The van der Waals surface area contributed by atoms with Gasteiger partial charge in [-0.15, -0.1) is 0 Å². The van der Waals surface area contributed by atoms with Crippen molar-refractivity contribution in [1.29, 1.82) is 0 Å². The molecular formula is C14H14BrNO3. The van der Waals surface area contributed by atoms with Crippen LogP contribution in [0, 0.1) is 0 Å². The van der Waals surface area contributed by atoms with Crippen LogP contribution in [0.1, 0.15) is 15.9 Å². The fourth-order valence-electron chi connectivity index (χ4n) is 1.69. The molecule has 0 bridgehead atoms. The topological polar surface area (TPSA) is 50.4 Å². The van der Waals surface area contributed by atoms with E-state index in [2.05, 4.69) is 0 Å². The van der Waals surface area contributed by atoms with Crippen molar-refractivity contribution in [2.45, 2.75) is 6.54 Å². The second-order valence-corrected chi connectivity index (χ2v) is 3.92. The van der Waals surface area contributed by atoms with Gasteiger partial charge < -0.3 is 26.8 Å². The van der Waals surface area contributed by atoms with E-state index in [-0.39, 0.29) is 22.5 Å². The van der Waals surface area contributed by atoms with Crippen LogP contribution in [-0.4, -0.2) is 18.2 Å². The van der Waals surface area contributed by atoms with Gasteiger partial charge in [-0.2, -0.15) is 4.57 Å². The molecule has 0 aliphatic rings. The second kappa shape index (κ2) is 6.89. The first kappa shape index (κ1) is 15.2. The predicted octanol–water partition coefficient (Wildman–Crippen LogP) is -1.27. The quantitative estimate of drug-likeness (QED) is 0.714. The van der Waals surface area contributed by atoms with Crippen LogP contribution in [0.3, 0.4) is 0 Å². The van der Waals surface area contributed by atoms with Crippen molar-refractivity contribution in [3.8, 4) is 5.75 Å². The number of ether oxygens (including phenoxy) is 1. The third kappa shape index (κ3) is 4.06. The number of aromatic nitrogens is 1. The van der Waals surface area contributed by atoms with Gasteiger partial charge in [-0.05, 0) is 30.3 Å². The summed E-state index contributed by atoms with van der Waals surface area (Å²) in [6.45, 7) is 0.630. The minimum Gasteiger partial charge on any atom is -1.00 e. The summed E-state index contributed by atoms with van der Waals surface area (Å²) in [5.41, 5.74) is 1.37. The van der Waals surface area contributed by atoms with Crippen LogP contribution in [0.4, 0.5) is 0 Å². The van der Waals surface area contributed by atoms with Gasteiger partial charge in [0, 0.05) is 11.6 Å². The fourth-order valence-corrected chi connectivity index (χ4v) is 1.69. The zero-order valence-corrected chi connectivity index (χ0v) is 12.0. The van der Waals surface area contributed by atoms with Crippen molar-refractivity contribution in [1.82, 2.24) is 0 Å². The molecule has 0 saturated heterocycles. The number of rotatable bonds is 4. The van der Waals surface area contributed by atoms with Crippen LogP contribution < -0.4 is 26.3 Å². The Morgan fingerprint density at radius 3 is 2.53 bits per heavy atom. The Hall–Kier alpha value is -1.88. The lowest BCUT2D eigenvalue weighted by Crippen LogP contribution is -3.00. The summed E-state index contributed by atoms with van der Waals surface area (Å²) in [6.07, 6.45) is 3.46. The molecule has 5 heteroatoms. The molecule has 1 aromatic heterocycles. The molecule has 0 spiro atoms. The van der Waals surface area contributed by atoms with Gasteiger partial charge >= 0.3 is 5.97 Å². The van der Waals surface area contributed by atoms with Crippen LogP contribution in [0.25, 0.3) is 0 Å². The first-order valence-electron chi connectivity index (χ1n) is 5.54. The monoisotopic (exact) mass is 323 g/mol. The van der Waals surface area contributed by atoms with E-state index in [1.54, 1.807) is 25.4 Å². The predicted molar refractivity (Wildman–Crippen MR) is 65.7 cm³/mol. The molecule has 0 amide bonds. The third-order valence-electron chi connectivity index (χ3n) is 2.63. The van der Waals surface area contributed by atoms with Crippen LogP contribution in [0.2, 0.25) is 0 Å². The molecule has 4 nitrogen and oxygen atoms in total. The van der Waals surface area contributed by atoms with Crippen molar-refractivity contribution in [3.05, 3.63) is 59.9 Å². The van der Waals surface area contributed by atoms with E-state index in [1.165, 1.54) is 0 Å². The Kier molecular flexibility index (Phi) is 5.51. The molecule has 0 aliphatic heterocycles. The number of hydrogen-bond acceptors (Lipinski definition) is 2. The molecular weight excluding hydrogens is 310 g/mol. The average Bonchev–Trinajstić information content (AvgIpc) is 2.40. The van der Waals surface area contributed by atoms with Crippen molar-refractivity contribution in [2.75, 3.05) is 7.11 Å². The Bertz CT molecular complexity index is 555. The lowest BCUT2D eigenvalue weighted by Gasteiger charge is -2.01. The highest BCUT2D eigenvalue weighted by Gasteiger charge is 2.09. The number of carboxylic acid groups (broad SMARTS) is 1. The SMILES string of the molecule is COc1ccc(C[n+]2cccc(C(=O)O)c2)cc1.[Br-]. The number of carbonyl (C=O) groups is 1. The van der Waals surface area contributed by atoms with Gasteiger partial charge in [-0.1, -0.05) is 0 Å². The Morgan fingerprint density at radius 2 is 1.95 bits per heavy atom. The van der Waals surface area contributed by atoms with E-state index in [4.69, 9.17) is 9.84 Å². The molecule has 0 aliphatic carbocycles. The Labute approximate surface area is 122 Å². The average molecular weight is 324 g/mol. The van der Waals surface area contributed by atoms with Crippen LogP contribution in [0.15, 0.2) is 48.8 Å². The second-order valence-electron chi connectivity index (χ2n) is 3.92. The molecule has 100 valence electrons. The van der Waals surface area contributed by atoms with Gasteiger partial charge in [0.05, 0.1) is 7.11 Å².